The second-order valence-electron chi connectivity index (χ2n) is 6.29. The van der Waals surface area contributed by atoms with E-state index in [4.69, 9.17) is 0 Å². The Balaban J connectivity index is 1.52. The van der Waals surface area contributed by atoms with Crippen molar-refractivity contribution in [1.29, 1.82) is 0 Å². The fourth-order valence-corrected chi connectivity index (χ4v) is 3.82. The summed E-state index contributed by atoms with van der Waals surface area (Å²) in [7, 11) is 0. The van der Waals surface area contributed by atoms with Crippen molar-refractivity contribution in [2.45, 2.75) is 39.3 Å². The Kier molecular flexibility index (Phi) is 5.13. The first-order valence-corrected chi connectivity index (χ1v) is 9.14. The van der Waals surface area contributed by atoms with E-state index >= 15 is 0 Å². The van der Waals surface area contributed by atoms with Crippen LogP contribution in [0.4, 0.5) is 0 Å². The predicted molar refractivity (Wildman–Crippen MR) is 95.8 cm³/mol. The number of amides is 1. The molecule has 2 heterocycles. The van der Waals surface area contributed by atoms with Gasteiger partial charge >= 0.3 is 0 Å². The highest BCUT2D eigenvalue weighted by molar-refractivity contribution is 7.09. The van der Waals surface area contributed by atoms with Crippen LogP contribution in [0.2, 0.25) is 0 Å². The number of rotatable bonds is 5. The third-order valence-electron chi connectivity index (χ3n) is 4.58. The van der Waals surface area contributed by atoms with Crippen molar-refractivity contribution in [3.8, 4) is 0 Å². The number of hydrogen-bond donors (Lipinski definition) is 1. The number of hydrogen-bond acceptors (Lipinski definition) is 3. The van der Waals surface area contributed by atoms with Gasteiger partial charge in [-0.1, -0.05) is 29.8 Å². The van der Waals surface area contributed by atoms with Crippen molar-refractivity contribution < 1.29 is 4.79 Å². The molecule has 23 heavy (non-hydrogen) atoms. The highest BCUT2D eigenvalue weighted by Gasteiger charge is 2.25. The molecule has 0 unspecified atom stereocenters. The van der Waals surface area contributed by atoms with E-state index in [2.05, 4.69) is 52.9 Å². The van der Waals surface area contributed by atoms with Crippen molar-refractivity contribution in [3.05, 3.63) is 57.3 Å². The first-order valence-electron chi connectivity index (χ1n) is 8.26. The zero-order valence-electron chi connectivity index (χ0n) is 13.8. The van der Waals surface area contributed by atoms with Crippen LogP contribution in [-0.2, 0) is 24.2 Å². The van der Waals surface area contributed by atoms with Crippen LogP contribution in [0.25, 0.3) is 0 Å². The maximum atomic E-state index is 12.4. The molecule has 3 rings (SSSR count). The Bertz CT molecular complexity index is 666. The van der Waals surface area contributed by atoms with E-state index in [0.29, 0.717) is 6.54 Å². The first-order chi connectivity index (χ1) is 11.1. The molecule has 0 fully saturated rings. The Morgan fingerprint density at radius 3 is 3.00 bits per heavy atom. The topological polar surface area (TPSA) is 32.3 Å². The molecule has 0 saturated heterocycles. The molecule has 1 aromatic carbocycles. The monoisotopic (exact) mass is 328 g/mol. The number of fused-ring (bicyclic) bond motifs is 1. The molecule has 1 aliphatic heterocycles. The van der Waals surface area contributed by atoms with Crippen LogP contribution in [0, 0.1) is 6.92 Å². The highest BCUT2D eigenvalue weighted by Crippen LogP contribution is 2.21. The highest BCUT2D eigenvalue weighted by atomic mass is 32.1. The van der Waals surface area contributed by atoms with Crippen LogP contribution in [0.1, 0.15) is 28.5 Å². The van der Waals surface area contributed by atoms with Crippen LogP contribution in [-0.4, -0.2) is 29.9 Å². The number of benzene rings is 1. The summed E-state index contributed by atoms with van der Waals surface area (Å²) in [4.78, 5) is 16.0. The minimum Gasteiger partial charge on any atom is -0.354 e. The van der Waals surface area contributed by atoms with Crippen molar-refractivity contribution in [3.63, 3.8) is 0 Å². The molecule has 2 aromatic rings. The fourth-order valence-electron chi connectivity index (χ4n) is 3.11. The van der Waals surface area contributed by atoms with Gasteiger partial charge in [0.2, 0.25) is 5.91 Å². The Hall–Kier alpha value is -1.65. The summed E-state index contributed by atoms with van der Waals surface area (Å²) in [5.74, 6) is 0.136. The number of carbonyl (C=O) groups is 1. The molecule has 1 amide bonds. The molecule has 0 aliphatic carbocycles. The lowest BCUT2D eigenvalue weighted by Gasteiger charge is -2.33. The van der Waals surface area contributed by atoms with E-state index < -0.39 is 0 Å². The SMILES string of the molecule is Cc1ccc2c(c1)CCN([C@H](C)C(=O)NCCc1cccs1)C2. The van der Waals surface area contributed by atoms with Gasteiger partial charge in [-0.2, -0.15) is 0 Å². The average molecular weight is 328 g/mol. The van der Waals surface area contributed by atoms with Gasteiger partial charge in [-0.15, -0.1) is 11.3 Å². The molecule has 1 aliphatic rings. The van der Waals surface area contributed by atoms with Crippen LogP contribution >= 0.6 is 11.3 Å². The molecular formula is C19H24N2OS. The van der Waals surface area contributed by atoms with Gasteiger partial charge in [0.1, 0.15) is 0 Å². The lowest BCUT2D eigenvalue weighted by Crippen LogP contribution is -2.47. The van der Waals surface area contributed by atoms with Crippen LogP contribution in [0.3, 0.4) is 0 Å². The smallest absolute Gasteiger partial charge is 0.237 e. The summed E-state index contributed by atoms with van der Waals surface area (Å²) in [5, 5.41) is 5.15. The largest absolute Gasteiger partial charge is 0.354 e. The minimum absolute atomic E-state index is 0.0761. The molecule has 0 spiro atoms. The number of nitrogens with zero attached hydrogens (tertiary/aromatic N) is 1. The molecule has 0 radical (unpaired) electrons. The van der Waals surface area contributed by atoms with Crippen LogP contribution < -0.4 is 5.32 Å². The third kappa shape index (κ3) is 4.01. The Morgan fingerprint density at radius 2 is 2.22 bits per heavy atom. The standard InChI is InChI=1S/C19H24N2OS/c1-14-5-6-17-13-21(10-8-16(17)12-14)15(2)19(22)20-9-7-18-4-3-11-23-18/h3-6,11-12,15H,7-10,13H2,1-2H3,(H,20,22)/t15-/m1/s1. The van der Waals surface area contributed by atoms with E-state index in [1.165, 1.54) is 21.6 Å². The number of nitrogens with one attached hydrogen (secondary N) is 1. The molecule has 1 aromatic heterocycles. The minimum atomic E-state index is -0.0761. The molecule has 1 atom stereocenters. The quantitative estimate of drug-likeness (QED) is 0.914. The summed E-state index contributed by atoms with van der Waals surface area (Å²) < 4.78 is 0. The summed E-state index contributed by atoms with van der Waals surface area (Å²) >= 11 is 1.74. The van der Waals surface area contributed by atoms with Crippen molar-refractivity contribution in [2.24, 2.45) is 0 Å². The van der Waals surface area contributed by atoms with E-state index in [-0.39, 0.29) is 11.9 Å². The zero-order valence-corrected chi connectivity index (χ0v) is 14.7. The summed E-state index contributed by atoms with van der Waals surface area (Å²) in [6.07, 6.45) is 1.95. The van der Waals surface area contributed by atoms with Gasteiger partial charge in [-0.3, -0.25) is 9.69 Å². The molecule has 0 bridgehead atoms. The maximum absolute atomic E-state index is 12.4. The maximum Gasteiger partial charge on any atom is 0.237 e. The number of thiophene rings is 1. The Labute approximate surface area is 142 Å². The number of aryl methyl sites for hydroxylation is 1. The molecule has 1 N–H and O–H groups in total. The van der Waals surface area contributed by atoms with E-state index in [1.54, 1.807) is 11.3 Å². The van der Waals surface area contributed by atoms with E-state index in [0.717, 1.165) is 25.9 Å². The first kappa shape index (κ1) is 16.2. The van der Waals surface area contributed by atoms with Gasteiger partial charge in [-0.25, -0.2) is 0 Å². The fraction of sp³-hybridized carbons (Fsp3) is 0.421. The van der Waals surface area contributed by atoms with Gasteiger partial charge < -0.3 is 5.32 Å². The average Bonchev–Trinajstić information content (AvgIpc) is 3.07. The van der Waals surface area contributed by atoms with Crippen molar-refractivity contribution in [1.82, 2.24) is 10.2 Å². The van der Waals surface area contributed by atoms with Crippen molar-refractivity contribution in [2.75, 3.05) is 13.1 Å². The van der Waals surface area contributed by atoms with E-state index in [9.17, 15) is 4.79 Å². The van der Waals surface area contributed by atoms with Gasteiger partial charge in [0.05, 0.1) is 6.04 Å². The Morgan fingerprint density at radius 1 is 1.35 bits per heavy atom. The summed E-state index contributed by atoms with van der Waals surface area (Å²) in [6, 6.07) is 10.7. The summed E-state index contributed by atoms with van der Waals surface area (Å²) in [6.45, 7) is 6.69. The lowest BCUT2D eigenvalue weighted by molar-refractivity contribution is -0.126. The molecule has 122 valence electrons. The third-order valence-corrected chi connectivity index (χ3v) is 5.52. The van der Waals surface area contributed by atoms with Gasteiger partial charge in [0, 0.05) is 24.5 Å². The van der Waals surface area contributed by atoms with Crippen molar-refractivity contribution >= 4 is 17.2 Å². The van der Waals surface area contributed by atoms with Crippen LogP contribution in [0.5, 0.6) is 0 Å². The van der Waals surface area contributed by atoms with Crippen LogP contribution in [0.15, 0.2) is 35.7 Å². The lowest BCUT2D eigenvalue weighted by atomic mass is 9.96. The van der Waals surface area contributed by atoms with E-state index in [1.807, 2.05) is 6.92 Å². The molecule has 0 saturated carbocycles. The zero-order chi connectivity index (χ0) is 16.2. The normalized spacial score (nSPS) is 15.9. The second kappa shape index (κ2) is 7.28. The molecule has 3 nitrogen and oxygen atoms in total. The second-order valence-corrected chi connectivity index (χ2v) is 7.32. The van der Waals surface area contributed by atoms with Gasteiger partial charge in [-0.05, 0) is 49.3 Å². The summed E-state index contributed by atoms with van der Waals surface area (Å²) in [5.41, 5.74) is 4.11. The molecule has 4 heteroatoms. The molecular weight excluding hydrogens is 304 g/mol. The van der Waals surface area contributed by atoms with Gasteiger partial charge in [0.15, 0.2) is 0 Å². The predicted octanol–water partition coefficient (Wildman–Crippen LogP) is 3.16. The number of carbonyl (C=O) groups excluding carboxylic acids is 1. The van der Waals surface area contributed by atoms with Gasteiger partial charge in [0.25, 0.3) is 0 Å².